The van der Waals surface area contributed by atoms with E-state index in [0.717, 1.165) is 51.7 Å². The van der Waals surface area contributed by atoms with Gasteiger partial charge in [-0.15, -0.1) is 0 Å². The predicted molar refractivity (Wildman–Crippen MR) is 139 cm³/mol. The number of carbonyl (C=O) groups excluding carboxylic acids is 1. The number of aryl methyl sites for hydroxylation is 1. The number of thiol groups is 1. The Bertz CT molecular complexity index is 1300. The highest BCUT2D eigenvalue weighted by Crippen LogP contribution is 2.27. The van der Waals surface area contributed by atoms with Crippen LogP contribution in [0.2, 0.25) is 5.02 Å². The van der Waals surface area contributed by atoms with Gasteiger partial charge in [0, 0.05) is 21.2 Å². The Hall–Kier alpha value is -2.88. The molecular weight excluding hydrogens is 434 g/mol. The number of nitrogens with zero attached hydrogens (tertiary/aromatic N) is 1. The summed E-state index contributed by atoms with van der Waals surface area (Å²) in [5, 5.41) is 1.84. The highest BCUT2D eigenvalue weighted by Gasteiger charge is 2.11. The quantitative estimate of drug-likeness (QED) is 0.226. The van der Waals surface area contributed by atoms with Gasteiger partial charge in [0.25, 0.3) is 0 Å². The molecule has 4 rings (SSSR count). The van der Waals surface area contributed by atoms with Crippen LogP contribution in [-0.2, 0) is 6.42 Å². The second-order valence-electron chi connectivity index (χ2n) is 7.84. The molecule has 4 heteroatoms. The summed E-state index contributed by atoms with van der Waals surface area (Å²) in [6.07, 6.45) is 5.74. The van der Waals surface area contributed by atoms with Gasteiger partial charge < -0.3 is 0 Å². The standard InChI is InChI=1S/C28H24ClNOS/c1-19(31)26-8-3-2-6-21(26)12-16-28(32)23-7-4-5-20(17-23)9-14-25-15-11-22-10-13-24(29)18-27(22)30-25/h2-11,13-15,17-18,28,32H,12,16H2,1H3/b14-9+. The largest absolute Gasteiger partial charge is 0.295 e. The molecule has 2 nitrogen and oxygen atoms in total. The Labute approximate surface area is 199 Å². The van der Waals surface area contributed by atoms with E-state index >= 15 is 0 Å². The molecule has 1 atom stereocenters. The molecule has 0 N–H and O–H groups in total. The fourth-order valence-electron chi connectivity index (χ4n) is 3.79. The first-order valence-electron chi connectivity index (χ1n) is 10.6. The molecule has 0 amide bonds. The van der Waals surface area contributed by atoms with Gasteiger partial charge in [0.05, 0.1) is 11.2 Å². The van der Waals surface area contributed by atoms with Crippen LogP contribution in [0.3, 0.4) is 0 Å². The molecule has 160 valence electrons. The molecule has 0 aliphatic carbocycles. The molecule has 3 aromatic carbocycles. The molecular formula is C28H24ClNOS. The lowest BCUT2D eigenvalue weighted by atomic mass is 9.97. The molecule has 4 aromatic rings. The molecule has 1 aromatic heterocycles. The number of halogens is 1. The van der Waals surface area contributed by atoms with E-state index in [1.54, 1.807) is 6.92 Å². The number of hydrogen-bond acceptors (Lipinski definition) is 3. The summed E-state index contributed by atoms with van der Waals surface area (Å²) in [7, 11) is 0. The van der Waals surface area contributed by atoms with E-state index in [1.165, 1.54) is 0 Å². The fraction of sp³-hybridized carbons (Fsp3) is 0.143. The van der Waals surface area contributed by atoms with E-state index in [1.807, 2.05) is 54.6 Å². The number of ketones is 1. The van der Waals surface area contributed by atoms with Gasteiger partial charge in [0.15, 0.2) is 5.78 Å². The predicted octanol–water partition coefficient (Wildman–Crippen LogP) is 7.86. The van der Waals surface area contributed by atoms with Crippen molar-refractivity contribution in [3.05, 3.63) is 112 Å². The van der Waals surface area contributed by atoms with Crippen molar-refractivity contribution >= 4 is 53.1 Å². The number of fused-ring (bicyclic) bond motifs is 1. The van der Waals surface area contributed by atoms with Crippen LogP contribution in [0.15, 0.2) is 78.9 Å². The topological polar surface area (TPSA) is 30.0 Å². The maximum atomic E-state index is 11.9. The summed E-state index contributed by atoms with van der Waals surface area (Å²) in [6, 6.07) is 26.0. The first kappa shape index (κ1) is 22.3. The minimum Gasteiger partial charge on any atom is -0.295 e. The number of pyridine rings is 1. The van der Waals surface area contributed by atoms with Crippen LogP contribution in [-0.4, -0.2) is 10.8 Å². The molecule has 0 aliphatic rings. The summed E-state index contributed by atoms with van der Waals surface area (Å²) in [4.78, 5) is 16.5. The Morgan fingerprint density at radius 2 is 1.81 bits per heavy atom. The van der Waals surface area contributed by atoms with Gasteiger partial charge in [0.2, 0.25) is 0 Å². The number of aromatic nitrogens is 1. The third-order valence-corrected chi connectivity index (χ3v) is 6.29. The Morgan fingerprint density at radius 3 is 2.66 bits per heavy atom. The normalized spacial score (nSPS) is 12.3. The van der Waals surface area contributed by atoms with Gasteiger partial charge in [-0.05, 0) is 60.7 Å². The highest BCUT2D eigenvalue weighted by atomic mass is 35.5. The van der Waals surface area contributed by atoms with Gasteiger partial charge in [-0.2, -0.15) is 12.6 Å². The summed E-state index contributed by atoms with van der Waals surface area (Å²) >= 11 is 10.9. The first-order valence-corrected chi connectivity index (χ1v) is 11.5. The van der Waals surface area contributed by atoms with Crippen molar-refractivity contribution in [2.24, 2.45) is 0 Å². The molecule has 0 saturated heterocycles. The van der Waals surface area contributed by atoms with Gasteiger partial charge in [-0.3, -0.25) is 4.79 Å². The van der Waals surface area contributed by atoms with E-state index in [4.69, 9.17) is 24.2 Å². The molecule has 0 bridgehead atoms. The zero-order valence-corrected chi connectivity index (χ0v) is 19.5. The van der Waals surface area contributed by atoms with Crippen molar-refractivity contribution in [1.29, 1.82) is 0 Å². The van der Waals surface area contributed by atoms with Crippen LogP contribution in [0, 0.1) is 0 Å². The third kappa shape index (κ3) is 5.48. The first-order chi connectivity index (χ1) is 15.5. The molecule has 0 saturated carbocycles. The molecule has 32 heavy (non-hydrogen) atoms. The van der Waals surface area contributed by atoms with Gasteiger partial charge >= 0.3 is 0 Å². The van der Waals surface area contributed by atoms with E-state index in [2.05, 4.69) is 41.4 Å². The van der Waals surface area contributed by atoms with Crippen LogP contribution in [0.4, 0.5) is 0 Å². The fourth-order valence-corrected chi connectivity index (χ4v) is 4.25. The maximum absolute atomic E-state index is 11.9. The Balaban J connectivity index is 1.47. The molecule has 0 radical (unpaired) electrons. The van der Waals surface area contributed by atoms with Gasteiger partial charge in [-0.25, -0.2) is 4.98 Å². The summed E-state index contributed by atoms with van der Waals surface area (Å²) in [5.41, 5.74) is 5.90. The number of hydrogen-bond donors (Lipinski definition) is 1. The Kier molecular flexibility index (Phi) is 7.09. The van der Waals surface area contributed by atoms with Crippen LogP contribution in [0.25, 0.3) is 23.1 Å². The molecule has 0 spiro atoms. The van der Waals surface area contributed by atoms with Crippen molar-refractivity contribution in [1.82, 2.24) is 4.98 Å². The highest BCUT2D eigenvalue weighted by molar-refractivity contribution is 7.80. The lowest BCUT2D eigenvalue weighted by molar-refractivity contribution is 0.101. The van der Waals surface area contributed by atoms with Crippen LogP contribution >= 0.6 is 24.2 Å². The second-order valence-corrected chi connectivity index (χ2v) is 8.90. The summed E-state index contributed by atoms with van der Waals surface area (Å²) in [6.45, 7) is 1.62. The van der Waals surface area contributed by atoms with Crippen molar-refractivity contribution < 1.29 is 4.79 Å². The van der Waals surface area contributed by atoms with E-state index in [9.17, 15) is 4.79 Å². The Morgan fingerprint density at radius 1 is 1.00 bits per heavy atom. The number of Topliss-reactive ketones (excluding diaryl/α,β-unsaturated/α-hetero) is 1. The van der Waals surface area contributed by atoms with Crippen LogP contribution in [0.1, 0.15) is 51.3 Å². The average Bonchev–Trinajstić information content (AvgIpc) is 2.81. The van der Waals surface area contributed by atoms with Crippen molar-refractivity contribution in [2.75, 3.05) is 0 Å². The zero-order chi connectivity index (χ0) is 22.5. The van der Waals surface area contributed by atoms with Gasteiger partial charge in [0.1, 0.15) is 0 Å². The zero-order valence-electron chi connectivity index (χ0n) is 17.8. The lowest BCUT2D eigenvalue weighted by Crippen LogP contribution is -2.01. The molecule has 0 aliphatic heterocycles. The van der Waals surface area contributed by atoms with Crippen LogP contribution in [0.5, 0.6) is 0 Å². The van der Waals surface area contributed by atoms with Gasteiger partial charge in [-0.1, -0.05) is 78.3 Å². The molecule has 1 heterocycles. The summed E-state index contributed by atoms with van der Waals surface area (Å²) < 4.78 is 0. The molecule has 0 fully saturated rings. The number of rotatable bonds is 7. The maximum Gasteiger partial charge on any atom is 0.160 e. The second kappa shape index (κ2) is 10.2. The summed E-state index contributed by atoms with van der Waals surface area (Å²) in [5.74, 6) is 0.105. The molecule has 1 unspecified atom stereocenters. The van der Waals surface area contributed by atoms with Crippen molar-refractivity contribution in [3.8, 4) is 0 Å². The number of carbonyl (C=O) groups is 1. The van der Waals surface area contributed by atoms with E-state index in [-0.39, 0.29) is 11.0 Å². The lowest BCUT2D eigenvalue weighted by Gasteiger charge is -2.13. The monoisotopic (exact) mass is 457 g/mol. The smallest absolute Gasteiger partial charge is 0.160 e. The average molecular weight is 458 g/mol. The van der Waals surface area contributed by atoms with Crippen molar-refractivity contribution in [2.45, 2.75) is 25.0 Å². The van der Waals surface area contributed by atoms with Crippen LogP contribution < -0.4 is 0 Å². The number of benzene rings is 3. The van der Waals surface area contributed by atoms with E-state index < -0.39 is 0 Å². The SMILES string of the molecule is CC(=O)c1ccccc1CCC(S)c1cccc(/C=C/c2ccc3ccc(Cl)cc3n2)c1. The third-order valence-electron chi connectivity index (χ3n) is 5.50. The van der Waals surface area contributed by atoms with Crippen molar-refractivity contribution in [3.63, 3.8) is 0 Å². The van der Waals surface area contributed by atoms with E-state index in [0.29, 0.717) is 5.02 Å². The minimum absolute atomic E-state index is 0.0873. The minimum atomic E-state index is 0.0873.